The molecule has 3 N–H and O–H groups in total. The van der Waals surface area contributed by atoms with E-state index >= 15 is 0 Å². The predicted molar refractivity (Wildman–Crippen MR) is 149 cm³/mol. The van der Waals surface area contributed by atoms with E-state index in [0.29, 0.717) is 45.3 Å². The first-order chi connectivity index (χ1) is 19.3. The molecular formula is C26H31BrFN5O6S. The Balaban J connectivity index is 1.71. The van der Waals surface area contributed by atoms with Crippen LogP contribution in [0.1, 0.15) is 30.5 Å². The molecule has 40 heavy (non-hydrogen) atoms. The Hall–Kier alpha value is -2.75. The maximum Gasteiger partial charge on any atom is 0.325 e. The van der Waals surface area contributed by atoms with Gasteiger partial charge in [-0.1, -0.05) is 22.0 Å². The van der Waals surface area contributed by atoms with Crippen molar-refractivity contribution in [2.75, 3.05) is 46.1 Å². The van der Waals surface area contributed by atoms with Gasteiger partial charge in [0.25, 0.3) is 0 Å². The van der Waals surface area contributed by atoms with Crippen molar-refractivity contribution in [1.29, 1.82) is 0 Å². The van der Waals surface area contributed by atoms with E-state index in [1.807, 2.05) is 10.3 Å². The molecule has 3 unspecified atom stereocenters. The molecule has 2 aliphatic heterocycles. The summed E-state index contributed by atoms with van der Waals surface area (Å²) >= 11 is 4.83. The molecule has 3 atom stereocenters. The van der Waals surface area contributed by atoms with E-state index in [0.717, 1.165) is 0 Å². The number of aliphatic hydroxyl groups is 1. The third-order valence-electron chi connectivity index (χ3n) is 6.27. The Bertz CT molecular complexity index is 1260. The molecule has 4 rings (SSSR count). The van der Waals surface area contributed by atoms with Crippen LogP contribution in [-0.4, -0.2) is 91.1 Å². The van der Waals surface area contributed by atoms with Gasteiger partial charge in [-0.3, -0.25) is 19.5 Å². The van der Waals surface area contributed by atoms with Gasteiger partial charge in [0.2, 0.25) is 5.91 Å². The molecule has 1 saturated heterocycles. The van der Waals surface area contributed by atoms with Gasteiger partial charge in [-0.25, -0.2) is 9.37 Å². The highest BCUT2D eigenvalue weighted by Gasteiger charge is 2.36. The minimum atomic E-state index is -1.34. The fourth-order valence-electron chi connectivity index (χ4n) is 4.44. The van der Waals surface area contributed by atoms with Crippen LogP contribution in [0.5, 0.6) is 0 Å². The number of hydrogen-bond acceptors (Lipinski definition) is 11. The van der Waals surface area contributed by atoms with E-state index < -0.39 is 30.2 Å². The summed E-state index contributed by atoms with van der Waals surface area (Å²) in [5, 5.41) is 19.5. The summed E-state index contributed by atoms with van der Waals surface area (Å²) in [5.74, 6) is -0.873. The van der Waals surface area contributed by atoms with Crippen LogP contribution >= 0.6 is 27.3 Å². The summed E-state index contributed by atoms with van der Waals surface area (Å²) in [6.07, 6.45) is 0.320. The van der Waals surface area contributed by atoms with Crippen molar-refractivity contribution < 1.29 is 33.3 Å². The van der Waals surface area contributed by atoms with Gasteiger partial charge in [0.15, 0.2) is 17.1 Å². The average molecular weight is 641 g/mol. The van der Waals surface area contributed by atoms with Gasteiger partial charge in [-0.05, 0) is 31.5 Å². The maximum atomic E-state index is 14.0. The smallest absolute Gasteiger partial charge is 0.325 e. The Labute approximate surface area is 243 Å². The minimum Gasteiger partial charge on any atom is -0.465 e. The van der Waals surface area contributed by atoms with Gasteiger partial charge < -0.3 is 30.0 Å². The number of aromatic nitrogens is 1. The molecule has 1 amide bonds. The van der Waals surface area contributed by atoms with Crippen molar-refractivity contribution in [1.82, 2.24) is 20.5 Å². The minimum absolute atomic E-state index is 0.117. The Morgan fingerprint density at radius 2 is 2.20 bits per heavy atom. The van der Waals surface area contributed by atoms with E-state index in [1.54, 1.807) is 26.1 Å². The van der Waals surface area contributed by atoms with Gasteiger partial charge in [-0.15, -0.1) is 11.3 Å². The van der Waals surface area contributed by atoms with E-state index in [9.17, 15) is 19.1 Å². The molecule has 11 nitrogen and oxygen atoms in total. The molecule has 2 aliphatic rings. The molecule has 14 heteroatoms. The van der Waals surface area contributed by atoms with Gasteiger partial charge in [0.05, 0.1) is 19.8 Å². The monoisotopic (exact) mass is 639 g/mol. The first-order valence-corrected chi connectivity index (χ1v) is 14.5. The highest BCUT2D eigenvalue weighted by Crippen LogP contribution is 2.38. The standard InChI is InChI=1S/C26H31BrFN5O6S/c1-3-38-20(34)12-30-24(35)19-14-37-9-8-33(19)13-18-21(26(36)39-4-2)22(16-6-5-15(28)11-17(16)27)32-23(31-18)25-29-7-10-40-25/h5-7,10-11,19,22,26,36H,3-4,8-9,12-14H2,1-2H3,(H,30,35)(H,31,32). The van der Waals surface area contributed by atoms with Crippen LogP contribution in [0.4, 0.5) is 4.39 Å². The fraction of sp³-hybridized carbons (Fsp3) is 0.462. The SMILES string of the molecule is CCOC(=O)CNC(=O)C1COCCN1CC1=C(C(O)OCC)C(c2ccc(F)cc2Br)N=C(c2nccs2)N1. The zero-order valence-electron chi connectivity index (χ0n) is 22.1. The van der Waals surface area contributed by atoms with Crippen LogP contribution in [0.15, 0.2) is 50.5 Å². The number of rotatable bonds is 11. The Kier molecular flexibility index (Phi) is 10.8. The average Bonchev–Trinajstić information content (AvgIpc) is 3.47. The van der Waals surface area contributed by atoms with E-state index in [-0.39, 0.29) is 38.8 Å². The predicted octanol–water partition coefficient (Wildman–Crippen LogP) is 2.12. The lowest BCUT2D eigenvalue weighted by atomic mass is 9.94. The third kappa shape index (κ3) is 7.30. The van der Waals surface area contributed by atoms with Crippen LogP contribution in [0.25, 0.3) is 0 Å². The molecule has 0 aliphatic carbocycles. The summed E-state index contributed by atoms with van der Waals surface area (Å²) < 4.78 is 30.6. The van der Waals surface area contributed by atoms with Crippen molar-refractivity contribution in [2.45, 2.75) is 32.2 Å². The first-order valence-electron chi connectivity index (χ1n) is 12.8. The number of halogens is 2. The second kappa shape index (κ2) is 14.2. The van der Waals surface area contributed by atoms with Gasteiger partial charge in [0, 0.05) is 47.0 Å². The topological polar surface area (TPSA) is 135 Å². The second-order valence-corrected chi connectivity index (χ2v) is 10.6. The Morgan fingerprint density at radius 3 is 2.90 bits per heavy atom. The van der Waals surface area contributed by atoms with E-state index in [1.165, 1.54) is 23.5 Å². The lowest BCUT2D eigenvalue weighted by Crippen LogP contribution is -2.56. The van der Waals surface area contributed by atoms with Crippen molar-refractivity contribution >= 4 is 45.0 Å². The molecule has 2 aromatic rings. The summed E-state index contributed by atoms with van der Waals surface area (Å²) in [6, 6.07) is 2.82. The maximum absolute atomic E-state index is 14.0. The van der Waals surface area contributed by atoms with Crippen LogP contribution in [0.2, 0.25) is 0 Å². The zero-order chi connectivity index (χ0) is 28.6. The summed E-state index contributed by atoms with van der Waals surface area (Å²) in [4.78, 5) is 36.0. The number of aliphatic hydroxyl groups excluding tert-OH is 1. The zero-order valence-corrected chi connectivity index (χ0v) is 24.5. The highest BCUT2D eigenvalue weighted by atomic mass is 79.9. The second-order valence-electron chi connectivity index (χ2n) is 8.83. The molecule has 0 bridgehead atoms. The van der Waals surface area contributed by atoms with Crippen molar-refractivity contribution in [3.8, 4) is 0 Å². The summed E-state index contributed by atoms with van der Waals surface area (Å²) in [7, 11) is 0. The largest absolute Gasteiger partial charge is 0.465 e. The highest BCUT2D eigenvalue weighted by molar-refractivity contribution is 9.10. The summed E-state index contributed by atoms with van der Waals surface area (Å²) in [6.45, 7) is 4.75. The number of nitrogens with zero attached hydrogens (tertiary/aromatic N) is 3. The number of aliphatic imine (C=N–C) groups is 1. The lowest BCUT2D eigenvalue weighted by molar-refractivity contribution is -0.145. The van der Waals surface area contributed by atoms with E-state index in [4.69, 9.17) is 19.2 Å². The van der Waals surface area contributed by atoms with Crippen molar-refractivity contribution in [3.05, 3.63) is 61.9 Å². The number of carbonyl (C=O) groups is 2. The normalized spacial score (nSPS) is 20.5. The molecule has 1 aromatic heterocycles. The van der Waals surface area contributed by atoms with Gasteiger partial charge in [0.1, 0.15) is 24.4 Å². The number of hydrogen-bond donors (Lipinski definition) is 3. The number of thiazole rings is 1. The number of morpholine rings is 1. The number of ether oxygens (including phenoxy) is 3. The lowest BCUT2D eigenvalue weighted by Gasteiger charge is -2.38. The van der Waals surface area contributed by atoms with Crippen LogP contribution in [0.3, 0.4) is 0 Å². The molecule has 1 aromatic carbocycles. The number of esters is 1. The fourth-order valence-corrected chi connectivity index (χ4v) is 5.60. The summed E-state index contributed by atoms with van der Waals surface area (Å²) in [5.41, 5.74) is 1.60. The molecule has 0 spiro atoms. The van der Waals surface area contributed by atoms with Crippen molar-refractivity contribution in [3.63, 3.8) is 0 Å². The number of carbonyl (C=O) groups excluding carboxylic acids is 2. The molecule has 216 valence electrons. The van der Waals surface area contributed by atoms with Crippen LogP contribution in [0, 0.1) is 5.82 Å². The molecular weight excluding hydrogens is 609 g/mol. The number of amides is 1. The number of nitrogens with one attached hydrogen (secondary N) is 2. The van der Waals surface area contributed by atoms with Crippen LogP contribution in [-0.2, 0) is 23.8 Å². The van der Waals surface area contributed by atoms with E-state index in [2.05, 4.69) is 31.5 Å². The van der Waals surface area contributed by atoms with Gasteiger partial charge in [-0.2, -0.15) is 0 Å². The van der Waals surface area contributed by atoms with Crippen LogP contribution < -0.4 is 10.6 Å². The molecule has 1 fully saturated rings. The quantitative estimate of drug-likeness (QED) is 0.250. The third-order valence-corrected chi connectivity index (χ3v) is 7.74. The Morgan fingerprint density at radius 1 is 1.38 bits per heavy atom. The number of benzene rings is 1. The molecule has 3 heterocycles. The molecule has 0 radical (unpaired) electrons. The van der Waals surface area contributed by atoms with Crippen molar-refractivity contribution in [2.24, 2.45) is 4.99 Å². The molecule has 0 saturated carbocycles. The first kappa shape index (κ1) is 30.2. The number of amidine groups is 1. The van der Waals surface area contributed by atoms with Gasteiger partial charge >= 0.3 is 5.97 Å².